The molecule has 0 aliphatic heterocycles. The molecule has 2 aromatic rings. The first-order valence-corrected chi connectivity index (χ1v) is 9.68. The van der Waals surface area contributed by atoms with Crippen LogP contribution in [0.4, 0.5) is 0 Å². The molecule has 2 rings (SSSR count). The quantitative estimate of drug-likeness (QED) is 0.726. The van der Waals surface area contributed by atoms with Gasteiger partial charge in [0, 0.05) is 17.6 Å². The van der Waals surface area contributed by atoms with Gasteiger partial charge in [0.25, 0.3) is 5.91 Å². The van der Waals surface area contributed by atoms with Crippen molar-refractivity contribution in [1.82, 2.24) is 10.2 Å². The van der Waals surface area contributed by atoms with Gasteiger partial charge in [-0.2, -0.15) is 0 Å². The fourth-order valence-electron chi connectivity index (χ4n) is 2.72. The van der Waals surface area contributed by atoms with E-state index < -0.39 is 6.04 Å². The number of amides is 2. The molecule has 28 heavy (non-hydrogen) atoms. The van der Waals surface area contributed by atoms with E-state index in [0.29, 0.717) is 17.3 Å². The predicted octanol–water partition coefficient (Wildman–Crippen LogP) is 3.97. The lowest BCUT2D eigenvalue weighted by atomic mass is 10.1. The van der Waals surface area contributed by atoms with Gasteiger partial charge in [0.05, 0.1) is 0 Å². The molecule has 0 aliphatic rings. The highest BCUT2D eigenvalue weighted by Gasteiger charge is 2.27. The number of halogens is 1. The molecule has 0 saturated heterocycles. The second-order valence-corrected chi connectivity index (χ2v) is 7.47. The van der Waals surface area contributed by atoms with E-state index in [0.717, 1.165) is 11.1 Å². The predicted molar refractivity (Wildman–Crippen MR) is 111 cm³/mol. The average Bonchev–Trinajstić information content (AvgIpc) is 2.65. The average molecular weight is 403 g/mol. The summed E-state index contributed by atoms with van der Waals surface area (Å²) in [6.07, 6.45) is 0. The van der Waals surface area contributed by atoms with Crippen molar-refractivity contribution in [2.24, 2.45) is 0 Å². The molecule has 1 atom stereocenters. The van der Waals surface area contributed by atoms with Crippen molar-refractivity contribution < 1.29 is 14.3 Å². The molecule has 0 radical (unpaired) electrons. The van der Waals surface area contributed by atoms with Crippen molar-refractivity contribution in [3.8, 4) is 5.75 Å². The molecule has 0 aliphatic carbocycles. The Morgan fingerprint density at radius 3 is 2.32 bits per heavy atom. The van der Waals surface area contributed by atoms with E-state index >= 15 is 0 Å². The van der Waals surface area contributed by atoms with E-state index in [2.05, 4.69) is 5.32 Å². The maximum Gasteiger partial charge on any atom is 0.261 e. The topological polar surface area (TPSA) is 58.6 Å². The van der Waals surface area contributed by atoms with Crippen LogP contribution in [0.5, 0.6) is 5.75 Å². The van der Waals surface area contributed by atoms with Crippen molar-refractivity contribution in [3.63, 3.8) is 0 Å². The number of ether oxygens (including phenoxy) is 1. The number of aryl methyl sites for hydroxylation is 1. The largest absolute Gasteiger partial charge is 0.484 e. The van der Waals surface area contributed by atoms with Crippen LogP contribution >= 0.6 is 11.6 Å². The third-order valence-electron chi connectivity index (χ3n) is 4.38. The monoisotopic (exact) mass is 402 g/mol. The highest BCUT2D eigenvalue weighted by Crippen LogP contribution is 2.17. The van der Waals surface area contributed by atoms with Gasteiger partial charge < -0.3 is 15.0 Å². The van der Waals surface area contributed by atoms with Crippen molar-refractivity contribution in [1.29, 1.82) is 0 Å². The normalized spacial score (nSPS) is 11.8. The van der Waals surface area contributed by atoms with E-state index in [-0.39, 0.29) is 24.5 Å². The van der Waals surface area contributed by atoms with Crippen LogP contribution in [0, 0.1) is 6.92 Å². The summed E-state index contributed by atoms with van der Waals surface area (Å²) in [5.74, 6) is 0.0981. The summed E-state index contributed by atoms with van der Waals surface area (Å²) in [6.45, 7) is 7.68. The van der Waals surface area contributed by atoms with Crippen molar-refractivity contribution in [3.05, 3.63) is 64.7 Å². The number of rotatable bonds is 8. The molecule has 1 N–H and O–H groups in total. The maximum absolute atomic E-state index is 12.9. The number of carbonyl (C=O) groups is 2. The van der Waals surface area contributed by atoms with Crippen LogP contribution in [0.3, 0.4) is 0 Å². The Morgan fingerprint density at radius 2 is 1.71 bits per heavy atom. The lowest BCUT2D eigenvalue weighted by Gasteiger charge is -2.29. The SMILES string of the molecule is Cc1ccccc1CN(C(=O)COc1ccc(Cl)cc1)C(C)C(=O)NC(C)C. The van der Waals surface area contributed by atoms with Crippen LogP contribution in [0.25, 0.3) is 0 Å². The number of hydrogen-bond donors (Lipinski definition) is 1. The summed E-state index contributed by atoms with van der Waals surface area (Å²) in [5, 5.41) is 3.47. The Labute approximate surface area is 171 Å². The highest BCUT2D eigenvalue weighted by molar-refractivity contribution is 6.30. The van der Waals surface area contributed by atoms with Crippen LogP contribution in [0.1, 0.15) is 31.9 Å². The molecular weight excluding hydrogens is 376 g/mol. The third-order valence-corrected chi connectivity index (χ3v) is 4.63. The molecule has 0 saturated carbocycles. The summed E-state index contributed by atoms with van der Waals surface area (Å²) in [4.78, 5) is 27.0. The van der Waals surface area contributed by atoms with E-state index in [1.165, 1.54) is 0 Å². The number of hydrogen-bond acceptors (Lipinski definition) is 3. The summed E-state index contributed by atoms with van der Waals surface area (Å²) >= 11 is 5.87. The highest BCUT2D eigenvalue weighted by atomic mass is 35.5. The van der Waals surface area contributed by atoms with Crippen LogP contribution in [-0.2, 0) is 16.1 Å². The van der Waals surface area contributed by atoms with E-state index in [1.807, 2.05) is 45.0 Å². The van der Waals surface area contributed by atoms with Gasteiger partial charge in [0.2, 0.25) is 5.91 Å². The van der Waals surface area contributed by atoms with Gasteiger partial charge in [-0.05, 0) is 63.1 Å². The zero-order valence-electron chi connectivity index (χ0n) is 16.7. The fraction of sp³-hybridized carbons (Fsp3) is 0.364. The Morgan fingerprint density at radius 1 is 1.07 bits per heavy atom. The first kappa shape index (κ1) is 21.8. The molecule has 2 aromatic carbocycles. The van der Waals surface area contributed by atoms with Crippen LogP contribution < -0.4 is 10.1 Å². The molecule has 2 amide bonds. The Bertz CT molecular complexity index is 806. The van der Waals surface area contributed by atoms with Gasteiger partial charge in [0.15, 0.2) is 6.61 Å². The molecule has 0 aromatic heterocycles. The zero-order valence-corrected chi connectivity index (χ0v) is 17.5. The summed E-state index contributed by atoms with van der Waals surface area (Å²) in [6, 6.07) is 14.0. The minimum absolute atomic E-state index is 0.00400. The van der Waals surface area contributed by atoms with Crippen molar-refractivity contribution in [2.45, 2.75) is 46.3 Å². The van der Waals surface area contributed by atoms with Crippen molar-refractivity contribution >= 4 is 23.4 Å². The number of nitrogens with zero attached hydrogens (tertiary/aromatic N) is 1. The summed E-state index contributed by atoms with van der Waals surface area (Å²) in [5.41, 5.74) is 2.06. The van der Waals surface area contributed by atoms with Crippen LogP contribution in [-0.4, -0.2) is 35.4 Å². The van der Waals surface area contributed by atoms with E-state index in [9.17, 15) is 9.59 Å². The molecule has 5 nitrogen and oxygen atoms in total. The molecular formula is C22H27ClN2O3. The number of benzene rings is 2. The van der Waals surface area contributed by atoms with Crippen LogP contribution in [0.15, 0.2) is 48.5 Å². The molecule has 0 spiro atoms. The third kappa shape index (κ3) is 6.27. The standard InChI is InChI=1S/C22H27ClN2O3/c1-15(2)24-22(27)17(4)25(13-18-8-6-5-7-16(18)3)21(26)14-28-20-11-9-19(23)10-12-20/h5-12,15,17H,13-14H2,1-4H3,(H,24,27). The second-order valence-electron chi connectivity index (χ2n) is 7.03. The summed E-state index contributed by atoms with van der Waals surface area (Å²) < 4.78 is 5.60. The zero-order chi connectivity index (χ0) is 20.7. The first-order valence-electron chi connectivity index (χ1n) is 9.30. The smallest absolute Gasteiger partial charge is 0.261 e. The second kappa shape index (κ2) is 10.1. The molecule has 0 heterocycles. The number of nitrogens with one attached hydrogen (secondary N) is 1. The van der Waals surface area contributed by atoms with E-state index in [4.69, 9.17) is 16.3 Å². The fourth-order valence-corrected chi connectivity index (χ4v) is 2.84. The lowest BCUT2D eigenvalue weighted by molar-refractivity contribution is -0.142. The Kier molecular flexibility index (Phi) is 7.88. The van der Waals surface area contributed by atoms with Crippen molar-refractivity contribution in [2.75, 3.05) is 6.61 Å². The Balaban J connectivity index is 2.15. The molecule has 0 fully saturated rings. The Hall–Kier alpha value is -2.53. The first-order chi connectivity index (χ1) is 13.3. The molecule has 1 unspecified atom stereocenters. The van der Waals surface area contributed by atoms with Gasteiger partial charge >= 0.3 is 0 Å². The van der Waals surface area contributed by atoms with E-state index in [1.54, 1.807) is 36.1 Å². The molecule has 0 bridgehead atoms. The van der Waals surface area contributed by atoms with Gasteiger partial charge in [0.1, 0.15) is 11.8 Å². The minimum atomic E-state index is -0.622. The number of carbonyl (C=O) groups excluding carboxylic acids is 2. The molecule has 150 valence electrons. The van der Waals surface area contributed by atoms with Gasteiger partial charge in [-0.1, -0.05) is 35.9 Å². The van der Waals surface area contributed by atoms with Gasteiger partial charge in [-0.15, -0.1) is 0 Å². The lowest BCUT2D eigenvalue weighted by Crippen LogP contribution is -2.50. The van der Waals surface area contributed by atoms with Gasteiger partial charge in [-0.3, -0.25) is 9.59 Å². The van der Waals surface area contributed by atoms with Crippen LogP contribution in [0.2, 0.25) is 5.02 Å². The maximum atomic E-state index is 12.9. The van der Waals surface area contributed by atoms with Gasteiger partial charge in [-0.25, -0.2) is 0 Å². The summed E-state index contributed by atoms with van der Waals surface area (Å²) in [7, 11) is 0. The molecule has 6 heteroatoms. The minimum Gasteiger partial charge on any atom is -0.484 e.